The number of rotatable bonds is 3. The molecule has 3 rings (SSSR count). The normalized spacial score (nSPS) is 21.8. The molecule has 0 amide bonds. The predicted molar refractivity (Wildman–Crippen MR) is 70.4 cm³/mol. The average molecular weight is 246 g/mol. The molecule has 0 aliphatic heterocycles. The van der Waals surface area contributed by atoms with Gasteiger partial charge in [-0.1, -0.05) is 25.7 Å². The van der Waals surface area contributed by atoms with E-state index in [1.165, 1.54) is 51.4 Å². The highest BCUT2D eigenvalue weighted by atomic mass is 16.3. The van der Waals surface area contributed by atoms with E-state index in [0.717, 1.165) is 17.1 Å². The molecular weight excluding hydrogens is 224 g/mol. The molecule has 1 N–H and O–H groups in total. The Balaban J connectivity index is 1.84. The van der Waals surface area contributed by atoms with Crippen molar-refractivity contribution in [2.45, 2.75) is 69.8 Å². The second-order valence-corrected chi connectivity index (χ2v) is 5.76. The minimum Gasteiger partial charge on any atom is -0.392 e. The summed E-state index contributed by atoms with van der Waals surface area (Å²) in [5.41, 5.74) is 2.07. The lowest BCUT2D eigenvalue weighted by Gasteiger charge is -2.14. The summed E-state index contributed by atoms with van der Waals surface area (Å²) in [6, 6.07) is 0. The number of hydrogen-bond acceptors (Lipinski definition) is 3. The Morgan fingerprint density at radius 2 is 1.72 bits per heavy atom. The van der Waals surface area contributed by atoms with Crippen molar-refractivity contribution < 1.29 is 5.11 Å². The molecule has 1 aromatic heterocycles. The molecule has 2 aliphatic rings. The standard InChI is InChI=1S/C15H22N2O/c18-10-13-9-16-15(17-14(13)11-7-8-11)12-5-3-1-2-4-6-12/h9,11-12,18H,1-8,10H2. The van der Waals surface area contributed by atoms with E-state index in [4.69, 9.17) is 4.98 Å². The molecular formula is C15H22N2O. The van der Waals surface area contributed by atoms with E-state index in [9.17, 15) is 5.11 Å². The van der Waals surface area contributed by atoms with Crippen molar-refractivity contribution in [2.24, 2.45) is 0 Å². The molecule has 2 fully saturated rings. The Morgan fingerprint density at radius 1 is 1.00 bits per heavy atom. The second-order valence-electron chi connectivity index (χ2n) is 5.76. The third-order valence-corrected chi connectivity index (χ3v) is 4.27. The van der Waals surface area contributed by atoms with Gasteiger partial charge in [0.25, 0.3) is 0 Å². The highest BCUT2D eigenvalue weighted by Crippen LogP contribution is 2.41. The van der Waals surface area contributed by atoms with E-state index < -0.39 is 0 Å². The Labute approximate surface area is 109 Å². The van der Waals surface area contributed by atoms with Crippen LogP contribution in [0.2, 0.25) is 0 Å². The SMILES string of the molecule is OCc1cnc(C2CCCCCC2)nc1C1CC1. The van der Waals surface area contributed by atoms with Crippen molar-refractivity contribution in [3.63, 3.8) is 0 Å². The maximum absolute atomic E-state index is 9.36. The van der Waals surface area contributed by atoms with Crippen molar-refractivity contribution in [1.29, 1.82) is 0 Å². The van der Waals surface area contributed by atoms with Crippen LogP contribution < -0.4 is 0 Å². The Kier molecular flexibility index (Phi) is 3.59. The molecule has 1 heterocycles. The van der Waals surface area contributed by atoms with Gasteiger partial charge in [-0.2, -0.15) is 0 Å². The molecule has 3 nitrogen and oxygen atoms in total. The molecule has 18 heavy (non-hydrogen) atoms. The monoisotopic (exact) mass is 246 g/mol. The molecule has 0 unspecified atom stereocenters. The van der Waals surface area contributed by atoms with Gasteiger partial charge in [0, 0.05) is 23.6 Å². The fourth-order valence-corrected chi connectivity index (χ4v) is 3.00. The van der Waals surface area contributed by atoms with Gasteiger partial charge >= 0.3 is 0 Å². The first-order valence-electron chi connectivity index (χ1n) is 7.35. The lowest BCUT2D eigenvalue weighted by molar-refractivity contribution is 0.279. The average Bonchev–Trinajstić information content (AvgIpc) is 3.24. The van der Waals surface area contributed by atoms with E-state index in [-0.39, 0.29) is 6.61 Å². The van der Waals surface area contributed by atoms with Crippen molar-refractivity contribution in [1.82, 2.24) is 9.97 Å². The lowest BCUT2D eigenvalue weighted by atomic mass is 9.99. The zero-order valence-electron chi connectivity index (χ0n) is 10.9. The van der Waals surface area contributed by atoms with Crippen LogP contribution >= 0.6 is 0 Å². The maximum Gasteiger partial charge on any atom is 0.131 e. The number of aromatic nitrogens is 2. The van der Waals surface area contributed by atoms with Crippen molar-refractivity contribution in [2.75, 3.05) is 0 Å². The zero-order chi connectivity index (χ0) is 12.4. The van der Waals surface area contributed by atoms with E-state index in [0.29, 0.717) is 11.8 Å². The van der Waals surface area contributed by atoms with Gasteiger partial charge in [0.15, 0.2) is 0 Å². The zero-order valence-corrected chi connectivity index (χ0v) is 10.9. The number of aliphatic hydroxyl groups is 1. The van der Waals surface area contributed by atoms with Crippen LogP contribution in [0.15, 0.2) is 6.20 Å². The van der Waals surface area contributed by atoms with Gasteiger partial charge in [-0.15, -0.1) is 0 Å². The van der Waals surface area contributed by atoms with Gasteiger partial charge in [-0.25, -0.2) is 9.97 Å². The van der Waals surface area contributed by atoms with Crippen LogP contribution in [0.5, 0.6) is 0 Å². The molecule has 98 valence electrons. The van der Waals surface area contributed by atoms with Gasteiger partial charge in [0.1, 0.15) is 5.82 Å². The van der Waals surface area contributed by atoms with Crippen LogP contribution in [0.25, 0.3) is 0 Å². The second kappa shape index (κ2) is 5.35. The predicted octanol–water partition coefficient (Wildman–Crippen LogP) is 3.28. The largest absolute Gasteiger partial charge is 0.392 e. The quantitative estimate of drug-likeness (QED) is 0.832. The van der Waals surface area contributed by atoms with E-state index >= 15 is 0 Å². The summed E-state index contributed by atoms with van der Waals surface area (Å²) in [5, 5.41) is 9.36. The molecule has 0 bridgehead atoms. The van der Waals surface area contributed by atoms with Crippen molar-refractivity contribution >= 4 is 0 Å². The molecule has 1 aromatic rings. The number of nitrogens with zero attached hydrogens (tertiary/aromatic N) is 2. The minimum atomic E-state index is 0.0801. The van der Waals surface area contributed by atoms with Gasteiger partial charge in [-0.3, -0.25) is 0 Å². The summed E-state index contributed by atoms with van der Waals surface area (Å²) in [6.45, 7) is 0.0801. The Morgan fingerprint density at radius 3 is 2.33 bits per heavy atom. The molecule has 0 radical (unpaired) electrons. The summed E-state index contributed by atoms with van der Waals surface area (Å²) in [4.78, 5) is 9.31. The Hall–Kier alpha value is -0.960. The summed E-state index contributed by atoms with van der Waals surface area (Å²) in [5.74, 6) is 2.19. The summed E-state index contributed by atoms with van der Waals surface area (Å²) in [6.07, 6.45) is 12.2. The first-order valence-corrected chi connectivity index (χ1v) is 7.35. The van der Waals surface area contributed by atoms with Crippen LogP contribution in [0.1, 0.15) is 80.3 Å². The first-order chi connectivity index (χ1) is 8.88. The molecule has 0 aromatic carbocycles. The van der Waals surface area contributed by atoms with E-state index in [1.54, 1.807) is 0 Å². The molecule has 2 saturated carbocycles. The third kappa shape index (κ3) is 2.56. The topological polar surface area (TPSA) is 46.0 Å². The van der Waals surface area contributed by atoms with Gasteiger partial charge in [0.05, 0.1) is 12.3 Å². The van der Waals surface area contributed by atoms with Crippen molar-refractivity contribution in [3.05, 3.63) is 23.3 Å². The maximum atomic E-state index is 9.36. The number of aliphatic hydroxyl groups excluding tert-OH is 1. The highest BCUT2D eigenvalue weighted by Gasteiger charge is 2.29. The third-order valence-electron chi connectivity index (χ3n) is 4.27. The Bertz CT molecular complexity index is 407. The fraction of sp³-hybridized carbons (Fsp3) is 0.733. The smallest absolute Gasteiger partial charge is 0.131 e. The lowest BCUT2D eigenvalue weighted by Crippen LogP contribution is -2.08. The van der Waals surface area contributed by atoms with E-state index in [1.807, 2.05) is 6.20 Å². The number of hydrogen-bond donors (Lipinski definition) is 1. The van der Waals surface area contributed by atoms with Crippen LogP contribution in [0, 0.1) is 0 Å². The van der Waals surface area contributed by atoms with Gasteiger partial charge in [0.2, 0.25) is 0 Å². The minimum absolute atomic E-state index is 0.0801. The van der Waals surface area contributed by atoms with Gasteiger partial charge in [-0.05, 0) is 25.7 Å². The highest BCUT2D eigenvalue weighted by molar-refractivity contribution is 5.25. The fourth-order valence-electron chi connectivity index (χ4n) is 3.00. The van der Waals surface area contributed by atoms with Crippen LogP contribution in [-0.2, 0) is 6.61 Å². The van der Waals surface area contributed by atoms with Crippen molar-refractivity contribution in [3.8, 4) is 0 Å². The summed E-state index contributed by atoms with van der Waals surface area (Å²) in [7, 11) is 0. The molecule has 0 atom stereocenters. The van der Waals surface area contributed by atoms with Crippen LogP contribution in [-0.4, -0.2) is 15.1 Å². The summed E-state index contributed by atoms with van der Waals surface area (Å²) < 4.78 is 0. The summed E-state index contributed by atoms with van der Waals surface area (Å²) >= 11 is 0. The molecule has 0 saturated heterocycles. The molecule has 3 heteroatoms. The molecule has 0 spiro atoms. The first kappa shape index (κ1) is 12.1. The van der Waals surface area contributed by atoms with Crippen LogP contribution in [0.3, 0.4) is 0 Å². The van der Waals surface area contributed by atoms with Gasteiger partial charge < -0.3 is 5.11 Å². The van der Waals surface area contributed by atoms with Crippen LogP contribution in [0.4, 0.5) is 0 Å². The molecule has 2 aliphatic carbocycles. The van der Waals surface area contributed by atoms with E-state index in [2.05, 4.69) is 4.98 Å².